The SMILES string of the molecule is CCCC(=O)Oc1c(C)occc1=O. The lowest BCUT2D eigenvalue weighted by molar-refractivity contribution is -0.134. The van der Waals surface area contributed by atoms with E-state index in [1.54, 1.807) is 6.92 Å². The molecule has 4 nitrogen and oxygen atoms in total. The van der Waals surface area contributed by atoms with Crippen LogP contribution in [0.1, 0.15) is 25.5 Å². The molecule has 0 unspecified atom stereocenters. The number of esters is 1. The first-order chi connectivity index (χ1) is 6.65. The fraction of sp³-hybridized carbons (Fsp3) is 0.400. The minimum absolute atomic E-state index is 0.00838. The minimum Gasteiger partial charge on any atom is -0.465 e. The lowest BCUT2D eigenvalue weighted by atomic mass is 10.3. The van der Waals surface area contributed by atoms with E-state index < -0.39 is 5.97 Å². The van der Waals surface area contributed by atoms with Crippen LogP contribution < -0.4 is 10.2 Å². The van der Waals surface area contributed by atoms with Crippen LogP contribution in [0.4, 0.5) is 0 Å². The molecule has 14 heavy (non-hydrogen) atoms. The molecule has 0 aliphatic rings. The molecule has 4 heteroatoms. The highest BCUT2D eigenvalue weighted by Crippen LogP contribution is 2.11. The van der Waals surface area contributed by atoms with Gasteiger partial charge in [0.15, 0.2) is 0 Å². The van der Waals surface area contributed by atoms with Crippen molar-refractivity contribution >= 4 is 5.97 Å². The third-order valence-electron chi connectivity index (χ3n) is 1.68. The molecule has 0 bridgehead atoms. The predicted octanol–water partition coefficient (Wildman–Crippen LogP) is 1.65. The summed E-state index contributed by atoms with van der Waals surface area (Å²) < 4.78 is 9.81. The van der Waals surface area contributed by atoms with E-state index >= 15 is 0 Å². The van der Waals surface area contributed by atoms with E-state index in [0.717, 1.165) is 0 Å². The summed E-state index contributed by atoms with van der Waals surface area (Å²) in [7, 11) is 0. The quantitative estimate of drug-likeness (QED) is 0.690. The zero-order valence-corrected chi connectivity index (χ0v) is 8.20. The number of carbonyl (C=O) groups excluding carboxylic acids is 1. The smallest absolute Gasteiger partial charge is 0.311 e. The summed E-state index contributed by atoms with van der Waals surface area (Å²) in [4.78, 5) is 22.4. The first-order valence-corrected chi connectivity index (χ1v) is 4.44. The lowest BCUT2D eigenvalue weighted by Crippen LogP contribution is -2.14. The summed E-state index contributed by atoms with van der Waals surface area (Å²) in [6, 6.07) is 1.22. The van der Waals surface area contributed by atoms with Gasteiger partial charge in [-0.2, -0.15) is 0 Å². The van der Waals surface area contributed by atoms with E-state index in [9.17, 15) is 9.59 Å². The van der Waals surface area contributed by atoms with E-state index in [-0.39, 0.29) is 11.2 Å². The molecule has 0 fully saturated rings. The Morgan fingerprint density at radius 3 is 2.86 bits per heavy atom. The number of rotatable bonds is 3. The fourth-order valence-corrected chi connectivity index (χ4v) is 0.992. The summed E-state index contributed by atoms with van der Waals surface area (Å²) >= 11 is 0. The maximum atomic E-state index is 11.2. The topological polar surface area (TPSA) is 56.5 Å². The molecule has 0 aliphatic carbocycles. The van der Waals surface area contributed by atoms with Crippen molar-refractivity contribution in [2.45, 2.75) is 26.7 Å². The summed E-state index contributed by atoms with van der Waals surface area (Å²) in [5.74, 6) is -0.0954. The minimum atomic E-state index is -0.408. The van der Waals surface area contributed by atoms with Gasteiger partial charge in [-0.05, 0) is 13.3 Å². The molecule has 76 valence electrons. The van der Waals surface area contributed by atoms with Crippen LogP contribution in [-0.2, 0) is 4.79 Å². The second kappa shape index (κ2) is 4.60. The molecule has 0 aliphatic heterocycles. The molecule has 1 heterocycles. The van der Waals surface area contributed by atoms with Gasteiger partial charge >= 0.3 is 5.97 Å². The van der Waals surface area contributed by atoms with Gasteiger partial charge in [-0.3, -0.25) is 9.59 Å². The molecule has 1 aromatic heterocycles. The number of hydrogen-bond acceptors (Lipinski definition) is 4. The predicted molar refractivity (Wildman–Crippen MR) is 50.3 cm³/mol. The molecule has 0 spiro atoms. The van der Waals surface area contributed by atoms with Gasteiger partial charge in [0.05, 0.1) is 6.26 Å². The Bertz CT molecular complexity index is 378. The molecule has 0 amide bonds. The second-order valence-electron chi connectivity index (χ2n) is 2.89. The third kappa shape index (κ3) is 2.45. The first kappa shape index (κ1) is 10.5. The van der Waals surface area contributed by atoms with Crippen LogP contribution in [0.2, 0.25) is 0 Å². The van der Waals surface area contributed by atoms with E-state index in [4.69, 9.17) is 9.15 Å². The van der Waals surface area contributed by atoms with Crippen LogP contribution in [0.15, 0.2) is 21.5 Å². The van der Waals surface area contributed by atoms with Crippen LogP contribution in [0.3, 0.4) is 0 Å². The summed E-state index contributed by atoms with van der Waals surface area (Å²) in [6.45, 7) is 3.44. The van der Waals surface area contributed by atoms with Gasteiger partial charge in [0, 0.05) is 12.5 Å². The molecule has 0 aromatic carbocycles. The largest absolute Gasteiger partial charge is 0.465 e. The van der Waals surface area contributed by atoms with E-state index in [1.165, 1.54) is 12.3 Å². The Labute approximate surface area is 81.5 Å². The molecule has 1 rings (SSSR count). The Morgan fingerprint density at radius 2 is 2.29 bits per heavy atom. The Balaban J connectivity index is 2.86. The molecular formula is C10H12O4. The second-order valence-corrected chi connectivity index (χ2v) is 2.89. The summed E-state index contributed by atoms with van der Waals surface area (Å²) in [5.41, 5.74) is -0.335. The van der Waals surface area contributed by atoms with Crippen molar-refractivity contribution in [1.82, 2.24) is 0 Å². The normalized spacial score (nSPS) is 9.86. The number of carbonyl (C=O) groups is 1. The third-order valence-corrected chi connectivity index (χ3v) is 1.68. The monoisotopic (exact) mass is 196 g/mol. The van der Waals surface area contributed by atoms with Gasteiger partial charge in [-0.1, -0.05) is 6.92 Å². The average molecular weight is 196 g/mol. The van der Waals surface area contributed by atoms with E-state index in [2.05, 4.69) is 0 Å². The Kier molecular flexibility index (Phi) is 3.45. The van der Waals surface area contributed by atoms with Crippen LogP contribution in [0, 0.1) is 6.92 Å². The lowest BCUT2D eigenvalue weighted by Gasteiger charge is -2.03. The van der Waals surface area contributed by atoms with Gasteiger partial charge in [0.1, 0.15) is 5.76 Å². The van der Waals surface area contributed by atoms with Crippen LogP contribution in [-0.4, -0.2) is 5.97 Å². The van der Waals surface area contributed by atoms with Crippen molar-refractivity contribution in [2.24, 2.45) is 0 Å². The standard InChI is InChI=1S/C10H12O4/c1-3-4-9(12)14-10-7(2)13-6-5-8(10)11/h5-6H,3-4H2,1-2H3. The van der Waals surface area contributed by atoms with Crippen molar-refractivity contribution < 1.29 is 13.9 Å². The summed E-state index contributed by atoms with van der Waals surface area (Å²) in [5, 5.41) is 0. The van der Waals surface area contributed by atoms with Crippen LogP contribution in [0.25, 0.3) is 0 Å². The Hall–Kier alpha value is -1.58. The van der Waals surface area contributed by atoms with Gasteiger partial charge < -0.3 is 9.15 Å². The van der Waals surface area contributed by atoms with Crippen molar-refractivity contribution in [3.05, 3.63) is 28.3 Å². The van der Waals surface area contributed by atoms with Crippen molar-refractivity contribution in [2.75, 3.05) is 0 Å². The highest BCUT2D eigenvalue weighted by molar-refractivity contribution is 5.72. The zero-order chi connectivity index (χ0) is 10.6. The maximum Gasteiger partial charge on any atom is 0.311 e. The van der Waals surface area contributed by atoms with Crippen LogP contribution >= 0.6 is 0 Å². The number of aryl methyl sites for hydroxylation is 1. The average Bonchev–Trinajstić information content (AvgIpc) is 2.12. The van der Waals surface area contributed by atoms with Gasteiger partial charge in [0.2, 0.25) is 11.2 Å². The van der Waals surface area contributed by atoms with Crippen molar-refractivity contribution in [3.8, 4) is 5.75 Å². The molecule has 0 saturated carbocycles. The number of hydrogen-bond donors (Lipinski definition) is 0. The first-order valence-electron chi connectivity index (χ1n) is 4.44. The van der Waals surface area contributed by atoms with Gasteiger partial charge in [-0.15, -0.1) is 0 Å². The van der Waals surface area contributed by atoms with Crippen molar-refractivity contribution in [3.63, 3.8) is 0 Å². The van der Waals surface area contributed by atoms with Crippen LogP contribution in [0.5, 0.6) is 5.75 Å². The summed E-state index contributed by atoms with van der Waals surface area (Å²) in [6.07, 6.45) is 2.26. The van der Waals surface area contributed by atoms with E-state index in [0.29, 0.717) is 18.6 Å². The fourth-order valence-electron chi connectivity index (χ4n) is 0.992. The highest BCUT2D eigenvalue weighted by Gasteiger charge is 2.10. The molecule has 0 atom stereocenters. The highest BCUT2D eigenvalue weighted by atomic mass is 16.5. The molecule has 0 N–H and O–H groups in total. The van der Waals surface area contributed by atoms with Crippen molar-refractivity contribution in [1.29, 1.82) is 0 Å². The zero-order valence-electron chi connectivity index (χ0n) is 8.20. The molecule has 1 aromatic rings. The molecule has 0 radical (unpaired) electrons. The van der Waals surface area contributed by atoms with Gasteiger partial charge in [-0.25, -0.2) is 0 Å². The maximum absolute atomic E-state index is 11.2. The van der Waals surface area contributed by atoms with E-state index in [1.807, 2.05) is 6.92 Å². The molecule has 0 saturated heterocycles. The number of ether oxygens (including phenoxy) is 1. The molecular weight excluding hydrogens is 184 g/mol. The van der Waals surface area contributed by atoms with Gasteiger partial charge in [0.25, 0.3) is 0 Å². The Morgan fingerprint density at radius 1 is 1.57 bits per heavy atom.